The molecule has 29 heavy (non-hydrogen) atoms. The number of aryl methyl sites for hydroxylation is 1. The van der Waals surface area contributed by atoms with Crippen LogP contribution in [0.15, 0.2) is 29.2 Å². The summed E-state index contributed by atoms with van der Waals surface area (Å²) in [5.74, 6) is 0.633. The molecule has 1 spiro atoms. The first-order valence-electron chi connectivity index (χ1n) is 10.3. The molecular weight excluding hydrogens is 402 g/mol. The van der Waals surface area contributed by atoms with Crippen LogP contribution in [0.3, 0.4) is 0 Å². The largest absolute Gasteiger partial charge is 0.355 e. The Morgan fingerprint density at radius 1 is 1.21 bits per heavy atom. The molecule has 6 heteroatoms. The van der Waals surface area contributed by atoms with Crippen LogP contribution in [-0.4, -0.2) is 30.2 Å². The van der Waals surface area contributed by atoms with Gasteiger partial charge in [0.15, 0.2) is 0 Å². The SMILES string of the molecule is CSc1cccc(NC(=O)c2c(N3CC4(CCCCC4)C3)nc(C)c(Cl)c2C)c1. The standard InChI is InChI=1S/C23H28ClN3OS/c1-15-19(22(28)26-17-8-7-9-18(12-17)29-3)21(25-16(2)20(15)24)27-13-23(14-27)10-5-4-6-11-23/h7-9,12H,4-6,10-11,13-14H2,1-3H3,(H,26,28). The number of nitrogens with zero attached hydrogens (tertiary/aromatic N) is 2. The smallest absolute Gasteiger partial charge is 0.259 e. The van der Waals surface area contributed by atoms with E-state index in [-0.39, 0.29) is 5.91 Å². The fourth-order valence-corrected chi connectivity index (χ4v) is 5.34. The number of amides is 1. The lowest BCUT2D eigenvalue weighted by atomic mass is 9.68. The Kier molecular flexibility index (Phi) is 5.80. The van der Waals surface area contributed by atoms with E-state index in [0.29, 0.717) is 16.0 Å². The maximum Gasteiger partial charge on any atom is 0.259 e. The number of hydrogen-bond donors (Lipinski definition) is 1. The van der Waals surface area contributed by atoms with Crippen LogP contribution < -0.4 is 10.2 Å². The average molecular weight is 430 g/mol. The van der Waals surface area contributed by atoms with Crippen molar-refractivity contribution < 1.29 is 4.79 Å². The van der Waals surface area contributed by atoms with Crippen LogP contribution >= 0.6 is 23.4 Å². The second kappa shape index (κ2) is 8.19. The zero-order chi connectivity index (χ0) is 20.6. The quantitative estimate of drug-likeness (QED) is 0.596. The van der Waals surface area contributed by atoms with Gasteiger partial charge in [-0.25, -0.2) is 4.98 Å². The second-order valence-electron chi connectivity index (χ2n) is 8.44. The van der Waals surface area contributed by atoms with Gasteiger partial charge >= 0.3 is 0 Å². The van der Waals surface area contributed by atoms with Gasteiger partial charge in [0.1, 0.15) is 5.82 Å². The number of hydrogen-bond acceptors (Lipinski definition) is 4. The fourth-order valence-electron chi connectivity index (χ4n) is 4.74. The second-order valence-corrected chi connectivity index (χ2v) is 9.70. The van der Waals surface area contributed by atoms with Crippen molar-refractivity contribution in [3.63, 3.8) is 0 Å². The number of aromatic nitrogens is 1. The maximum absolute atomic E-state index is 13.3. The van der Waals surface area contributed by atoms with E-state index in [1.807, 2.05) is 44.4 Å². The van der Waals surface area contributed by atoms with Crippen LogP contribution in [0.4, 0.5) is 11.5 Å². The number of carbonyl (C=O) groups is 1. The van der Waals surface area contributed by atoms with Crippen LogP contribution in [0.5, 0.6) is 0 Å². The van der Waals surface area contributed by atoms with Gasteiger partial charge in [0.25, 0.3) is 5.91 Å². The number of benzene rings is 1. The van der Waals surface area contributed by atoms with Gasteiger partial charge in [0.2, 0.25) is 0 Å². The highest BCUT2D eigenvalue weighted by molar-refractivity contribution is 7.98. The van der Waals surface area contributed by atoms with Gasteiger partial charge in [-0.3, -0.25) is 4.79 Å². The molecule has 0 atom stereocenters. The van der Waals surface area contributed by atoms with E-state index in [0.717, 1.165) is 40.7 Å². The van der Waals surface area contributed by atoms with Crippen molar-refractivity contribution in [1.82, 2.24) is 4.98 Å². The maximum atomic E-state index is 13.3. The molecule has 0 unspecified atom stereocenters. The van der Waals surface area contributed by atoms with Gasteiger partial charge in [-0.15, -0.1) is 11.8 Å². The van der Waals surface area contributed by atoms with Crippen LogP contribution in [0, 0.1) is 19.3 Å². The molecule has 4 rings (SSSR count). The highest BCUT2D eigenvalue weighted by atomic mass is 35.5. The first-order chi connectivity index (χ1) is 13.9. The summed E-state index contributed by atoms with van der Waals surface area (Å²) in [6.45, 7) is 5.81. The molecule has 1 aromatic heterocycles. The molecule has 2 aliphatic rings. The van der Waals surface area contributed by atoms with Crippen LogP contribution in [-0.2, 0) is 0 Å². The molecule has 1 saturated carbocycles. The normalized spacial score (nSPS) is 17.9. The third-order valence-electron chi connectivity index (χ3n) is 6.34. The molecule has 1 aliphatic carbocycles. The first-order valence-corrected chi connectivity index (χ1v) is 11.9. The van der Waals surface area contributed by atoms with Gasteiger partial charge in [-0.2, -0.15) is 0 Å². The monoisotopic (exact) mass is 429 g/mol. The van der Waals surface area contributed by atoms with Crippen molar-refractivity contribution in [2.45, 2.75) is 50.8 Å². The molecule has 4 nitrogen and oxygen atoms in total. The summed E-state index contributed by atoms with van der Waals surface area (Å²) in [5.41, 5.74) is 3.39. The molecule has 0 radical (unpaired) electrons. The summed E-state index contributed by atoms with van der Waals surface area (Å²) in [5, 5.41) is 3.63. The van der Waals surface area contributed by atoms with Crippen molar-refractivity contribution in [2.75, 3.05) is 29.6 Å². The molecule has 1 N–H and O–H groups in total. The van der Waals surface area contributed by atoms with Crippen molar-refractivity contribution in [2.24, 2.45) is 5.41 Å². The lowest BCUT2D eigenvalue weighted by Gasteiger charge is -2.53. The van der Waals surface area contributed by atoms with E-state index in [4.69, 9.17) is 16.6 Å². The highest BCUT2D eigenvalue weighted by Crippen LogP contribution is 2.46. The van der Waals surface area contributed by atoms with E-state index in [1.165, 1.54) is 32.1 Å². The Labute approximate surface area is 182 Å². The van der Waals surface area contributed by atoms with Crippen molar-refractivity contribution >= 4 is 40.8 Å². The Balaban J connectivity index is 1.63. The fraction of sp³-hybridized carbons (Fsp3) is 0.478. The lowest BCUT2D eigenvalue weighted by Crippen LogP contribution is -2.58. The molecule has 2 heterocycles. The molecule has 154 valence electrons. The number of halogens is 1. The van der Waals surface area contributed by atoms with Gasteiger partial charge < -0.3 is 10.2 Å². The van der Waals surface area contributed by atoms with Crippen molar-refractivity contribution in [1.29, 1.82) is 0 Å². The van der Waals surface area contributed by atoms with Gasteiger partial charge in [0, 0.05) is 29.1 Å². The summed E-state index contributed by atoms with van der Waals surface area (Å²) in [7, 11) is 0. The zero-order valence-electron chi connectivity index (χ0n) is 17.3. The molecule has 1 aliphatic heterocycles. The van der Waals surface area contributed by atoms with E-state index in [9.17, 15) is 4.79 Å². The van der Waals surface area contributed by atoms with Crippen molar-refractivity contribution in [3.05, 3.63) is 46.1 Å². The lowest BCUT2D eigenvalue weighted by molar-refractivity contribution is 0.102. The van der Waals surface area contributed by atoms with Gasteiger partial charge in [-0.1, -0.05) is 36.9 Å². The minimum atomic E-state index is -0.144. The predicted octanol–water partition coefficient (Wildman–Crippen LogP) is 6.10. The molecule has 0 bridgehead atoms. The van der Waals surface area contributed by atoms with E-state index in [1.54, 1.807) is 11.8 Å². The number of carbonyl (C=O) groups excluding carboxylic acids is 1. The third kappa shape index (κ3) is 3.99. The number of rotatable bonds is 4. The summed E-state index contributed by atoms with van der Waals surface area (Å²) >= 11 is 8.15. The van der Waals surface area contributed by atoms with Crippen LogP contribution in [0.2, 0.25) is 5.02 Å². The molecule has 2 fully saturated rings. The summed E-state index contributed by atoms with van der Waals surface area (Å²) in [6.07, 6.45) is 8.59. The van der Waals surface area contributed by atoms with Crippen molar-refractivity contribution in [3.8, 4) is 0 Å². The summed E-state index contributed by atoms with van der Waals surface area (Å²) < 4.78 is 0. The minimum absolute atomic E-state index is 0.144. The number of pyridine rings is 1. The molecule has 1 aromatic carbocycles. The Hall–Kier alpha value is -1.72. The zero-order valence-corrected chi connectivity index (χ0v) is 18.9. The van der Waals surface area contributed by atoms with E-state index < -0.39 is 0 Å². The Morgan fingerprint density at radius 2 is 1.93 bits per heavy atom. The highest BCUT2D eigenvalue weighted by Gasteiger charge is 2.45. The summed E-state index contributed by atoms with van der Waals surface area (Å²) in [6, 6.07) is 7.89. The van der Waals surface area contributed by atoms with E-state index in [2.05, 4.69) is 10.2 Å². The predicted molar refractivity (Wildman–Crippen MR) is 123 cm³/mol. The number of nitrogens with one attached hydrogen (secondary N) is 1. The Bertz CT molecular complexity index is 932. The molecule has 1 amide bonds. The molecule has 2 aromatic rings. The number of thioether (sulfide) groups is 1. The molecular formula is C23H28ClN3OS. The average Bonchev–Trinajstić information content (AvgIpc) is 2.70. The van der Waals surface area contributed by atoms with Gasteiger partial charge in [0.05, 0.1) is 16.3 Å². The topological polar surface area (TPSA) is 45.2 Å². The van der Waals surface area contributed by atoms with Crippen LogP contribution in [0.1, 0.15) is 53.7 Å². The Morgan fingerprint density at radius 3 is 2.62 bits per heavy atom. The number of anilines is 2. The van der Waals surface area contributed by atoms with E-state index >= 15 is 0 Å². The van der Waals surface area contributed by atoms with Gasteiger partial charge in [-0.05, 0) is 56.7 Å². The summed E-state index contributed by atoms with van der Waals surface area (Å²) in [4.78, 5) is 21.4. The van der Waals surface area contributed by atoms with Crippen LogP contribution in [0.25, 0.3) is 0 Å². The minimum Gasteiger partial charge on any atom is -0.355 e. The molecule has 1 saturated heterocycles. The third-order valence-corrected chi connectivity index (χ3v) is 7.62. The first kappa shape index (κ1) is 20.5.